The van der Waals surface area contributed by atoms with E-state index in [2.05, 4.69) is 10.3 Å². The summed E-state index contributed by atoms with van der Waals surface area (Å²) in [6.07, 6.45) is 0. The van der Waals surface area contributed by atoms with E-state index in [1.807, 2.05) is 32.7 Å². The summed E-state index contributed by atoms with van der Waals surface area (Å²) in [4.78, 5) is 6.22. The Morgan fingerprint density at radius 3 is 2.48 bits per heavy atom. The fourth-order valence-corrected chi connectivity index (χ4v) is 3.81. The van der Waals surface area contributed by atoms with E-state index in [1.165, 1.54) is 10.4 Å². The maximum Gasteiger partial charge on any atom is 0.215 e. The average Bonchev–Trinajstić information content (AvgIpc) is 2.63. The lowest BCUT2D eigenvalue weighted by atomic mass is 10.3. The molecule has 7 nitrogen and oxygen atoms in total. The monoisotopic (exact) mass is 402 g/mol. The normalized spacial score (nSPS) is 12.3. The van der Waals surface area contributed by atoms with Crippen molar-refractivity contribution in [1.29, 1.82) is 0 Å². The molecule has 9 heteroatoms. The molecular weight excluding hydrogens is 371 g/mol. The van der Waals surface area contributed by atoms with Crippen LogP contribution in [0.15, 0.2) is 29.3 Å². The van der Waals surface area contributed by atoms with Gasteiger partial charge in [0.05, 0.1) is 18.8 Å². The van der Waals surface area contributed by atoms with Crippen molar-refractivity contribution in [3.63, 3.8) is 0 Å². The molecule has 27 heavy (non-hydrogen) atoms. The third-order valence-corrected chi connectivity index (χ3v) is 5.93. The van der Waals surface area contributed by atoms with Gasteiger partial charge in [-0.05, 0) is 19.1 Å². The first-order chi connectivity index (χ1) is 12.9. The molecule has 1 aromatic rings. The Bertz CT molecular complexity index is 694. The Morgan fingerprint density at radius 2 is 1.89 bits per heavy atom. The smallest absolute Gasteiger partial charge is 0.215 e. The highest BCUT2D eigenvalue weighted by Crippen LogP contribution is 2.14. The van der Waals surface area contributed by atoms with E-state index >= 15 is 0 Å². The van der Waals surface area contributed by atoms with Crippen molar-refractivity contribution >= 4 is 16.0 Å². The number of nitrogens with zero attached hydrogens (tertiary/aromatic N) is 3. The predicted molar refractivity (Wildman–Crippen MR) is 107 cm³/mol. The van der Waals surface area contributed by atoms with Crippen LogP contribution in [0.1, 0.15) is 20.8 Å². The molecule has 0 unspecified atom stereocenters. The fraction of sp³-hybridized carbons (Fsp3) is 0.611. The highest BCUT2D eigenvalue weighted by molar-refractivity contribution is 7.89. The summed E-state index contributed by atoms with van der Waals surface area (Å²) in [5, 5.41) is 3.12. The largest absolute Gasteiger partial charge is 0.489 e. The molecule has 0 heterocycles. The van der Waals surface area contributed by atoms with Crippen molar-refractivity contribution in [2.45, 2.75) is 20.8 Å². The molecule has 0 aliphatic rings. The lowest BCUT2D eigenvalue weighted by Gasteiger charge is -2.22. The zero-order chi connectivity index (χ0) is 20.3. The number of nitrogens with one attached hydrogen (secondary N) is 1. The van der Waals surface area contributed by atoms with Crippen LogP contribution in [0.4, 0.5) is 4.39 Å². The van der Waals surface area contributed by atoms with Gasteiger partial charge in [0, 0.05) is 26.7 Å². The molecule has 0 amide bonds. The lowest BCUT2D eigenvalue weighted by Crippen LogP contribution is -2.41. The van der Waals surface area contributed by atoms with Crippen molar-refractivity contribution < 1.29 is 17.5 Å². The van der Waals surface area contributed by atoms with E-state index in [-0.39, 0.29) is 24.7 Å². The summed E-state index contributed by atoms with van der Waals surface area (Å²) in [7, 11) is -1.48. The van der Waals surface area contributed by atoms with Gasteiger partial charge in [0.15, 0.2) is 17.5 Å². The number of para-hydroxylation sites is 1. The molecule has 0 saturated heterocycles. The molecule has 0 atom stereocenters. The summed E-state index contributed by atoms with van der Waals surface area (Å²) < 4.78 is 44.9. The van der Waals surface area contributed by atoms with Crippen molar-refractivity contribution in [2.75, 3.05) is 52.1 Å². The number of rotatable bonds is 11. The SMILES string of the molecule is CCNC(=NCCS(=O)(=O)N(CC)CC)N(C)CCOc1ccccc1F. The average molecular weight is 403 g/mol. The van der Waals surface area contributed by atoms with Gasteiger partial charge in [0.1, 0.15) is 6.61 Å². The third kappa shape index (κ3) is 7.72. The fourth-order valence-electron chi connectivity index (χ4n) is 2.44. The van der Waals surface area contributed by atoms with Gasteiger partial charge >= 0.3 is 0 Å². The summed E-state index contributed by atoms with van der Waals surface area (Å²) in [5.74, 6) is 0.355. The highest BCUT2D eigenvalue weighted by Gasteiger charge is 2.18. The van der Waals surface area contributed by atoms with Crippen molar-refractivity contribution in [2.24, 2.45) is 4.99 Å². The summed E-state index contributed by atoms with van der Waals surface area (Å²) in [5.41, 5.74) is 0. The van der Waals surface area contributed by atoms with Crippen LogP contribution in [-0.4, -0.2) is 75.7 Å². The zero-order valence-electron chi connectivity index (χ0n) is 16.6. The second-order valence-corrected chi connectivity index (χ2v) is 7.92. The summed E-state index contributed by atoms with van der Waals surface area (Å²) in [6.45, 7) is 8.05. The molecule has 1 rings (SSSR count). The number of guanidine groups is 1. The molecule has 0 radical (unpaired) electrons. The summed E-state index contributed by atoms with van der Waals surface area (Å²) >= 11 is 0. The first kappa shape index (κ1) is 23.2. The Balaban J connectivity index is 2.60. The van der Waals surface area contributed by atoms with Gasteiger partial charge in [-0.15, -0.1) is 0 Å². The van der Waals surface area contributed by atoms with E-state index in [0.717, 1.165) is 0 Å². The van der Waals surface area contributed by atoms with Gasteiger partial charge in [0.25, 0.3) is 0 Å². The number of sulfonamides is 1. The van der Waals surface area contributed by atoms with E-state index in [0.29, 0.717) is 32.1 Å². The Morgan fingerprint density at radius 1 is 1.22 bits per heavy atom. The Hall–Kier alpha value is -1.87. The molecule has 0 aliphatic heterocycles. The second-order valence-electron chi connectivity index (χ2n) is 5.84. The van der Waals surface area contributed by atoms with Gasteiger partial charge in [-0.3, -0.25) is 4.99 Å². The van der Waals surface area contributed by atoms with Crippen LogP contribution in [-0.2, 0) is 10.0 Å². The van der Waals surface area contributed by atoms with Gasteiger partial charge in [-0.2, -0.15) is 0 Å². The molecule has 1 N–H and O–H groups in total. The standard InChI is InChI=1S/C18H31FN4O3S/c1-5-20-18(21-12-15-27(24,25)23(6-2)7-3)22(4)13-14-26-17-11-9-8-10-16(17)19/h8-11H,5-7,12-15H2,1-4H3,(H,20,21). The molecule has 154 valence electrons. The van der Waals surface area contributed by atoms with Crippen LogP contribution in [0.2, 0.25) is 0 Å². The van der Waals surface area contributed by atoms with Crippen LogP contribution < -0.4 is 10.1 Å². The van der Waals surface area contributed by atoms with E-state index in [9.17, 15) is 12.8 Å². The quantitative estimate of drug-likeness (QED) is 0.451. The van der Waals surface area contributed by atoms with Gasteiger partial charge in [-0.25, -0.2) is 17.1 Å². The number of hydrogen-bond donors (Lipinski definition) is 1. The second kappa shape index (κ2) is 11.8. The number of likely N-dealkylation sites (N-methyl/N-ethyl adjacent to an activating group) is 1. The molecule has 0 bridgehead atoms. The maximum atomic E-state index is 13.6. The highest BCUT2D eigenvalue weighted by atomic mass is 32.2. The maximum absolute atomic E-state index is 13.6. The topological polar surface area (TPSA) is 74.2 Å². The minimum absolute atomic E-state index is 0.0386. The molecule has 0 aromatic heterocycles. The van der Waals surface area contributed by atoms with Crippen LogP contribution in [0.25, 0.3) is 0 Å². The van der Waals surface area contributed by atoms with Crippen LogP contribution in [0, 0.1) is 5.82 Å². The number of aliphatic imine (C=N–C) groups is 1. The third-order valence-electron chi connectivity index (χ3n) is 3.93. The number of halogens is 1. The molecule has 0 saturated carbocycles. The first-order valence-corrected chi connectivity index (χ1v) is 10.8. The summed E-state index contributed by atoms with van der Waals surface area (Å²) in [6, 6.07) is 6.24. The van der Waals surface area contributed by atoms with Crippen molar-refractivity contribution in [3.8, 4) is 5.75 Å². The van der Waals surface area contributed by atoms with E-state index < -0.39 is 15.8 Å². The van der Waals surface area contributed by atoms with Crippen LogP contribution in [0.5, 0.6) is 5.75 Å². The minimum Gasteiger partial charge on any atom is -0.489 e. The number of hydrogen-bond acceptors (Lipinski definition) is 4. The minimum atomic E-state index is -3.30. The Kier molecular flexibility index (Phi) is 10.1. The molecule has 0 spiro atoms. The van der Waals surface area contributed by atoms with E-state index in [1.54, 1.807) is 18.2 Å². The molecular formula is C18H31FN4O3S. The zero-order valence-corrected chi connectivity index (χ0v) is 17.4. The van der Waals surface area contributed by atoms with Gasteiger partial charge in [0.2, 0.25) is 10.0 Å². The first-order valence-electron chi connectivity index (χ1n) is 9.20. The number of benzene rings is 1. The lowest BCUT2D eigenvalue weighted by molar-refractivity contribution is 0.270. The van der Waals surface area contributed by atoms with E-state index in [4.69, 9.17) is 4.74 Å². The molecule has 0 aliphatic carbocycles. The Labute approximate surface area is 162 Å². The van der Waals surface area contributed by atoms with Crippen molar-refractivity contribution in [3.05, 3.63) is 30.1 Å². The number of ether oxygens (including phenoxy) is 1. The molecule has 1 aromatic carbocycles. The molecule has 0 fully saturated rings. The van der Waals surface area contributed by atoms with Gasteiger partial charge in [-0.1, -0.05) is 26.0 Å². The van der Waals surface area contributed by atoms with Crippen molar-refractivity contribution in [1.82, 2.24) is 14.5 Å². The van der Waals surface area contributed by atoms with Crippen LogP contribution in [0.3, 0.4) is 0 Å². The van der Waals surface area contributed by atoms with Crippen LogP contribution >= 0.6 is 0 Å². The predicted octanol–water partition coefficient (Wildman–Crippen LogP) is 1.77. The van der Waals surface area contributed by atoms with Gasteiger partial charge < -0.3 is 15.0 Å².